The maximum Gasteiger partial charge on any atom is 0.244 e. The van der Waals surface area contributed by atoms with Gasteiger partial charge in [-0.05, 0) is 48.2 Å². The van der Waals surface area contributed by atoms with Crippen molar-refractivity contribution in [3.63, 3.8) is 0 Å². The molecule has 36 heavy (non-hydrogen) atoms. The fourth-order valence-electron chi connectivity index (χ4n) is 3.45. The van der Waals surface area contributed by atoms with Gasteiger partial charge in [0.1, 0.15) is 12.6 Å². The van der Waals surface area contributed by atoms with Crippen LogP contribution in [0.4, 0.5) is 5.69 Å². The normalized spacial score (nSPS) is 12.4. The highest BCUT2D eigenvalue weighted by atomic mass is 35.5. The first-order valence-corrected chi connectivity index (χ1v) is 14.5. The van der Waals surface area contributed by atoms with E-state index in [1.807, 2.05) is 13.8 Å². The number of hydrogen-bond acceptors (Lipinski definition) is 4. The van der Waals surface area contributed by atoms with Crippen molar-refractivity contribution in [1.29, 1.82) is 0 Å². The van der Waals surface area contributed by atoms with Crippen LogP contribution in [0.2, 0.25) is 20.1 Å². The lowest BCUT2D eigenvalue weighted by Gasteiger charge is -2.33. The molecule has 1 N–H and O–H groups in total. The van der Waals surface area contributed by atoms with Gasteiger partial charge in [-0.15, -0.1) is 0 Å². The third-order valence-electron chi connectivity index (χ3n) is 5.28. The highest BCUT2D eigenvalue weighted by Gasteiger charge is 2.32. The SMILES string of the molecule is CC[C@@H](C(=O)NCC(C)C)N(Cc1ccc(Cl)cc1Cl)C(=O)CN(c1cc(Cl)ccc1Cl)S(C)(=O)=O. The van der Waals surface area contributed by atoms with Crippen LogP contribution in [0.25, 0.3) is 0 Å². The van der Waals surface area contributed by atoms with Gasteiger partial charge in [0.05, 0.1) is 17.0 Å². The van der Waals surface area contributed by atoms with Crippen LogP contribution in [0.5, 0.6) is 0 Å². The van der Waals surface area contributed by atoms with Crippen LogP contribution in [0.3, 0.4) is 0 Å². The number of halogens is 4. The Balaban J connectivity index is 2.50. The van der Waals surface area contributed by atoms with Crippen LogP contribution in [-0.2, 0) is 26.2 Å². The Morgan fingerprint density at radius 3 is 2.14 bits per heavy atom. The zero-order chi connectivity index (χ0) is 27.2. The highest BCUT2D eigenvalue weighted by Crippen LogP contribution is 2.31. The first-order valence-electron chi connectivity index (χ1n) is 11.2. The first-order chi connectivity index (χ1) is 16.7. The largest absolute Gasteiger partial charge is 0.354 e. The van der Waals surface area contributed by atoms with Crippen molar-refractivity contribution < 1.29 is 18.0 Å². The molecule has 0 aliphatic heterocycles. The van der Waals surface area contributed by atoms with Gasteiger partial charge < -0.3 is 10.2 Å². The molecule has 0 aliphatic rings. The van der Waals surface area contributed by atoms with Gasteiger partial charge in [-0.1, -0.05) is 73.2 Å². The molecule has 198 valence electrons. The number of carbonyl (C=O) groups is 2. The number of hydrogen-bond donors (Lipinski definition) is 1. The summed E-state index contributed by atoms with van der Waals surface area (Å²) in [5.41, 5.74) is 0.609. The summed E-state index contributed by atoms with van der Waals surface area (Å²) in [6.07, 6.45) is 1.25. The van der Waals surface area contributed by atoms with Gasteiger partial charge in [0.15, 0.2) is 0 Å². The van der Waals surface area contributed by atoms with E-state index in [4.69, 9.17) is 46.4 Å². The number of rotatable bonds is 11. The zero-order valence-corrected chi connectivity index (χ0v) is 24.2. The molecule has 0 fully saturated rings. The van der Waals surface area contributed by atoms with E-state index in [0.29, 0.717) is 22.2 Å². The third-order valence-corrected chi connectivity index (χ3v) is 7.55. The Bertz CT molecular complexity index is 1210. The average Bonchev–Trinajstić information content (AvgIpc) is 2.78. The van der Waals surface area contributed by atoms with Crippen LogP contribution < -0.4 is 9.62 Å². The molecule has 0 bridgehead atoms. The fourth-order valence-corrected chi connectivity index (χ4v) is 5.20. The van der Waals surface area contributed by atoms with E-state index in [9.17, 15) is 18.0 Å². The maximum atomic E-state index is 13.7. The molecule has 7 nitrogen and oxygen atoms in total. The summed E-state index contributed by atoms with van der Waals surface area (Å²) >= 11 is 24.7. The van der Waals surface area contributed by atoms with E-state index in [-0.39, 0.29) is 40.5 Å². The lowest BCUT2D eigenvalue weighted by Crippen LogP contribution is -2.52. The van der Waals surface area contributed by atoms with E-state index >= 15 is 0 Å². The van der Waals surface area contributed by atoms with Gasteiger partial charge in [0.25, 0.3) is 0 Å². The van der Waals surface area contributed by atoms with Crippen molar-refractivity contribution in [2.75, 3.05) is 23.7 Å². The molecule has 0 saturated carbocycles. The van der Waals surface area contributed by atoms with Crippen molar-refractivity contribution in [3.8, 4) is 0 Å². The molecule has 2 rings (SSSR count). The smallest absolute Gasteiger partial charge is 0.244 e. The van der Waals surface area contributed by atoms with Crippen LogP contribution in [0, 0.1) is 5.92 Å². The number of nitrogens with zero attached hydrogens (tertiary/aromatic N) is 2. The number of amides is 2. The van der Waals surface area contributed by atoms with Gasteiger partial charge >= 0.3 is 0 Å². The second-order valence-electron chi connectivity index (χ2n) is 8.69. The third kappa shape index (κ3) is 8.42. The van der Waals surface area contributed by atoms with Gasteiger partial charge in [-0.3, -0.25) is 13.9 Å². The van der Waals surface area contributed by atoms with Gasteiger partial charge in [0, 0.05) is 28.2 Å². The second-order valence-corrected chi connectivity index (χ2v) is 12.3. The molecule has 12 heteroatoms. The van der Waals surface area contributed by atoms with Crippen LogP contribution >= 0.6 is 46.4 Å². The first kappa shape index (κ1) is 30.5. The number of nitrogens with one attached hydrogen (secondary N) is 1. The summed E-state index contributed by atoms with van der Waals surface area (Å²) in [6.45, 7) is 5.46. The van der Waals surface area contributed by atoms with E-state index in [1.54, 1.807) is 19.1 Å². The Kier molecular flexibility index (Phi) is 11.2. The quantitative estimate of drug-likeness (QED) is 0.363. The molecule has 2 aromatic rings. The molecule has 0 spiro atoms. The number of sulfonamides is 1. The predicted octanol–water partition coefficient (Wildman–Crippen LogP) is 5.65. The Morgan fingerprint density at radius 2 is 1.58 bits per heavy atom. The second kappa shape index (κ2) is 13.2. The van der Waals surface area contributed by atoms with Crippen LogP contribution in [0.1, 0.15) is 32.8 Å². The minimum absolute atomic E-state index is 0.0384. The predicted molar refractivity (Wildman–Crippen MR) is 148 cm³/mol. The summed E-state index contributed by atoms with van der Waals surface area (Å²) in [7, 11) is -3.95. The standard InChI is InChI=1S/C24H29Cl4N3O4S/c1-5-21(24(33)29-12-15(2)3)30(13-16-6-7-17(25)10-20(16)28)23(32)14-31(36(4,34)35)22-11-18(26)8-9-19(22)27/h6-11,15,21H,5,12-14H2,1-4H3,(H,29,33)/t21-/m0/s1. The Hall–Kier alpha value is -1.71. The Morgan fingerprint density at radius 1 is 0.972 bits per heavy atom. The van der Waals surface area contributed by atoms with Crippen molar-refractivity contribution in [2.24, 2.45) is 5.92 Å². The van der Waals surface area contributed by atoms with Crippen molar-refractivity contribution in [1.82, 2.24) is 10.2 Å². The van der Waals surface area contributed by atoms with Crippen molar-refractivity contribution >= 4 is 73.9 Å². The zero-order valence-electron chi connectivity index (χ0n) is 20.4. The molecule has 0 unspecified atom stereocenters. The molecule has 0 saturated heterocycles. The molecular weight excluding hydrogens is 568 g/mol. The molecule has 0 aromatic heterocycles. The molecule has 0 radical (unpaired) electrons. The maximum absolute atomic E-state index is 13.7. The number of benzene rings is 2. The molecule has 2 amide bonds. The lowest BCUT2D eigenvalue weighted by atomic mass is 10.1. The van der Waals surface area contributed by atoms with Crippen molar-refractivity contribution in [2.45, 2.75) is 39.8 Å². The van der Waals surface area contributed by atoms with E-state index in [0.717, 1.165) is 10.6 Å². The average molecular weight is 597 g/mol. The molecule has 0 aliphatic carbocycles. The summed E-state index contributed by atoms with van der Waals surface area (Å²) in [5, 5.41) is 3.94. The van der Waals surface area contributed by atoms with Crippen molar-refractivity contribution in [3.05, 3.63) is 62.1 Å². The minimum Gasteiger partial charge on any atom is -0.354 e. The van der Waals surface area contributed by atoms with Crippen LogP contribution in [0.15, 0.2) is 36.4 Å². The Labute approximate surface area is 232 Å². The fraction of sp³-hybridized carbons (Fsp3) is 0.417. The van der Waals surface area contributed by atoms with E-state index < -0.39 is 28.5 Å². The molecule has 2 aromatic carbocycles. The number of carbonyl (C=O) groups excluding carboxylic acids is 2. The topological polar surface area (TPSA) is 86.8 Å². The highest BCUT2D eigenvalue weighted by molar-refractivity contribution is 7.92. The monoisotopic (exact) mass is 595 g/mol. The van der Waals surface area contributed by atoms with Gasteiger partial charge in [-0.25, -0.2) is 8.42 Å². The summed E-state index contributed by atoms with van der Waals surface area (Å²) < 4.78 is 26.3. The molecule has 0 heterocycles. The number of anilines is 1. The summed E-state index contributed by atoms with van der Waals surface area (Å²) in [5.74, 6) is -0.766. The molecular formula is C24H29Cl4N3O4S. The lowest BCUT2D eigenvalue weighted by molar-refractivity contribution is -0.140. The minimum atomic E-state index is -3.95. The van der Waals surface area contributed by atoms with Gasteiger partial charge in [0.2, 0.25) is 21.8 Å². The van der Waals surface area contributed by atoms with E-state index in [2.05, 4.69) is 5.32 Å². The summed E-state index contributed by atoms with van der Waals surface area (Å²) in [4.78, 5) is 28.1. The molecule has 1 atom stereocenters. The van der Waals surface area contributed by atoms with Gasteiger partial charge in [-0.2, -0.15) is 0 Å². The summed E-state index contributed by atoms with van der Waals surface area (Å²) in [6, 6.07) is 8.27. The van der Waals surface area contributed by atoms with E-state index in [1.165, 1.54) is 29.2 Å². The van der Waals surface area contributed by atoms with Crippen LogP contribution in [-0.4, -0.2) is 50.5 Å².